The van der Waals surface area contributed by atoms with Crippen molar-refractivity contribution in [3.63, 3.8) is 0 Å². The van der Waals surface area contributed by atoms with Crippen molar-refractivity contribution >= 4 is 15.9 Å². The Bertz CT molecular complexity index is 540. The Morgan fingerprint density at radius 1 is 1.17 bits per heavy atom. The van der Waals surface area contributed by atoms with Crippen LogP contribution in [0.4, 0.5) is 4.39 Å². The molecule has 0 unspecified atom stereocenters. The first kappa shape index (κ1) is 13.2. The maximum absolute atomic E-state index is 13.9. The third kappa shape index (κ3) is 2.98. The summed E-state index contributed by atoms with van der Waals surface area (Å²) in [5, 5.41) is 3.13. The van der Waals surface area contributed by atoms with Crippen LogP contribution in [0.15, 0.2) is 46.9 Å². The lowest BCUT2D eigenvalue weighted by atomic mass is 10.0. The number of hydrogen-bond donors (Lipinski definition) is 1. The highest BCUT2D eigenvalue weighted by atomic mass is 79.9. The molecule has 18 heavy (non-hydrogen) atoms. The van der Waals surface area contributed by atoms with Gasteiger partial charge in [0.25, 0.3) is 0 Å². The molecule has 0 aromatic heterocycles. The molecule has 94 valence electrons. The molecule has 0 saturated carbocycles. The summed E-state index contributed by atoms with van der Waals surface area (Å²) in [4.78, 5) is 0. The maximum atomic E-state index is 13.9. The van der Waals surface area contributed by atoms with Crippen molar-refractivity contribution in [3.05, 3.63) is 58.3 Å². The van der Waals surface area contributed by atoms with E-state index in [0.29, 0.717) is 12.1 Å². The Morgan fingerprint density at radius 3 is 2.61 bits per heavy atom. The van der Waals surface area contributed by atoms with E-state index < -0.39 is 0 Å². The highest BCUT2D eigenvalue weighted by Gasteiger charge is 2.06. The molecule has 0 saturated heterocycles. The number of hydrogen-bond acceptors (Lipinski definition) is 1. The van der Waals surface area contributed by atoms with Crippen LogP contribution in [0.2, 0.25) is 0 Å². The Labute approximate surface area is 115 Å². The van der Waals surface area contributed by atoms with Crippen LogP contribution < -0.4 is 5.32 Å². The van der Waals surface area contributed by atoms with Crippen molar-refractivity contribution in [2.24, 2.45) is 0 Å². The van der Waals surface area contributed by atoms with Crippen molar-refractivity contribution in [1.29, 1.82) is 0 Å². The molecule has 0 heterocycles. The van der Waals surface area contributed by atoms with Gasteiger partial charge in [0.15, 0.2) is 0 Å². The van der Waals surface area contributed by atoms with Crippen LogP contribution in [0.3, 0.4) is 0 Å². The second-order valence-corrected chi connectivity index (χ2v) is 4.92. The van der Waals surface area contributed by atoms with Crippen molar-refractivity contribution in [2.45, 2.75) is 13.5 Å². The molecule has 3 heteroatoms. The van der Waals surface area contributed by atoms with Gasteiger partial charge in [-0.3, -0.25) is 0 Å². The summed E-state index contributed by atoms with van der Waals surface area (Å²) in [6.07, 6.45) is 0. The van der Waals surface area contributed by atoms with Gasteiger partial charge in [-0.2, -0.15) is 0 Å². The minimum atomic E-state index is -0.163. The van der Waals surface area contributed by atoms with Gasteiger partial charge >= 0.3 is 0 Å². The van der Waals surface area contributed by atoms with Gasteiger partial charge in [0, 0.05) is 16.6 Å². The summed E-state index contributed by atoms with van der Waals surface area (Å²) in [5.41, 5.74) is 2.60. The highest BCUT2D eigenvalue weighted by molar-refractivity contribution is 9.10. The van der Waals surface area contributed by atoms with Crippen LogP contribution in [0.1, 0.15) is 12.5 Å². The summed E-state index contributed by atoms with van der Waals surface area (Å²) in [5.74, 6) is -0.163. The van der Waals surface area contributed by atoms with E-state index in [-0.39, 0.29) is 5.82 Å². The first-order chi connectivity index (χ1) is 8.72. The minimum Gasteiger partial charge on any atom is -0.313 e. The van der Waals surface area contributed by atoms with Crippen molar-refractivity contribution in [1.82, 2.24) is 5.32 Å². The summed E-state index contributed by atoms with van der Waals surface area (Å²) < 4.78 is 14.9. The summed E-state index contributed by atoms with van der Waals surface area (Å²) in [7, 11) is 0. The van der Waals surface area contributed by atoms with Crippen molar-refractivity contribution in [2.75, 3.05) is 6.54 Å². The minimum absolute atomic E-state index is 0.163. The maximum Gasteiger partial charge on any atom is 0.128 e. The average Bonchev–Trinajstić information content (AvgIpc) is 2.38. The first-order valence-electron chi connectivity index (χ1n) is 5.96. The molecule has 1 N–H and O–H groups in total. The van der Waals surface area contributed by atoms with Crippen molar-refractivity contribution in [3.8, 4) is 11.1 Å². The second-order valence-electron chi connectivity index (χ2n) is 4.07. The molecular weight excluding hydrogens is 293 g/mol. The van der Waals surface area contributed by atoms with Crippen LogP contribution in [0.5, 0.6) is 0 Å². The van der Waals surface area contributed by atoms with Crippen LogP contribution in [0, 0.1) is 5.82 Å². The van der Waals surface area contributed by atoms with E-state index in [0.717, 1.165) is 22.1 Å². The Kier molecular flexibility index (Phi) is 4.50. The number of nitrogens with one attached hydrogen (secondary N) is 1. The molecule has 2 rings (SSSR count). The Morgan fingerprint density at radius 2 is 1.94 bits per heavy atom. The standard InChI is InChI=1S/C15H15BrFN/c1-2-18-10-12-8-7-11(9-15(12)17)13-5-3-4-6-14(13)16/h3-9,18H,2,10H2,1H3. The molecule has 0 amide bonds. The molecule has 0 aliphatic rings. The average molecular weight is 308 g/mol. The largest absolute Gasteiger partial charge is 0.313 e. The molecule has 0 spiro atoms. The fourth-order valence-corrected chi connectivity index (χ4v) is 2.33. The van der Waals surface area contributed by atoms with E-state index >= 15 is 0 Å². The van der Waals surface area contributed by atoms with E-state index in [1.165, 1.54) is 0 Å². The smallest absolute Gasteiger partial charge is 0.128 e. The lowest BCUT2D eigenvalue weighted by Crippen LogP contribution is -2.12. The summed E-state index contributed by atoms with van der Waals surface area (Å²) >= 11 is 3.48. The van der Waals surface area contributed by atoms with Crippen LogP contribution >= 0.6 is 15.9 Å². The Balaban J connectivity index is 2.32. The number of benzene rings is 2. The van der Waals surface area contributed by atoms with E-state index in [1.807, 2.05) is 43.3 Å². The molecule has 0 radical (unpaired) electrons. The molecule has 2 aromatic rings. The van der Waals surface area contributed by atoms with Gasteiger partial charge < -0.3 is 5.32 Å². The second kappa shape index (κ2) is 6.12. The third-order valence-corrected chi connectivity index (χ3v) is 3.49. The molecule has 0 aliphatic heterocycles. The van der Waals surface area contributed by atoms with Crippen molar-refractivity contribution < 1.29 is 4.39 Å². The zero-order valence-electron chi connectivity index (χ0n) is 10.2. The van der Waals surface area contributed by atoms with Gasteiger partial charge in [0.05, 0.1) is 0 Å². The molecule has 1 nitrogen and oxygen atoms in total. The fourth-order valence-electron chi connectivity index (χ4n) is 1.81. The van der Waals surface area contributed by atoms with Crippen LogP contribution in [-0.2, 0) is 6.54 Å². The van der Waals surface area contributed by atoms with Crippen LogP contribution in [-0.4, -0.2) is 6.54 Å². The SMILES string of the molecule is CCNCc1ccc(-c2ccccc2Br)cc1F. The van der Waals surface area contributed by atoms with Gasteiger partial charge in [-0.15, -0.1) is 0 Å². The van der Waals surface area contributed by atoms with Gasteiger partial charge in [0.1, 0.15) is 5.82 Å². The van der Waals surface area contributed by atoms with E-state index in [1.54, 1.807) is 6.07 Å². The monoisotopic (exact) mass is 307 g/mol. The zero-order chi connectivity index (χ0) is 13.0. The van der Waals surface area contributed by atoms with Gasteiger partial charge in [0.2, 0.25) is 0 Å². The number of rotatable bonds is 4. The predicted octanol–water partition coefficient (Wildman–Crippen LogP) is 4.36. The van der Waals surface area contributed by atoms with Gasteiger partial charge in [-0.05, 0) is 29.8 Å². The molecule has 0 fully saturated rings. The molecular formula is C15H15BrFN. The highest BCUT2D eigenvalue weighted by Crippen LogP contribution is 2.28. The third-order valence-electron chi connectivity index (χ3n) is 2.80. The quantitative estimate of drug-likeness (QED) is 0.884. The van der Waals surface area contributed by atoms with E-state index in [9.17, 15) is 4.39 Å². The summed E-state index contributed by atoms with van der Waals surface area (Å²) in [6.45, 7) is 3.41. The van der Waals surface area contributed by atoms with Gasteiger partial charge in [-0.1, -0.05) is 53.2 Å². The fraction of sp³-hybridized carbons (Fsp3) is 0.200. The van der Waals surface area contributed by atoms with E-state index in [4.69, 9.17) is 0 Å². The Hall–Kier alpha value is -1.19. The first-order valence-corrected chi connectivity index (χ1v) is 6.75. The molecule has 0 aliphatic carbocycles. The molecule has 0 atom stereocenters. The normalized spacial score (nSPS) is 10.6. The van der Waals surface area contributed by atoms with Crippen LogP contribution in [0.25, 0.3) is 11.1 Å². The topological polar surface area (TPSA) is 12.0 Å². The van der Waals surface area contributed by atoms with E-state index in [2.05, 4.69) is 21.2 Å². The molecule has 2 aromatic carbocycles. The lowest BCUT2D eigenvalue weighted by molar-refractivity contribution is 0.594. The summed E-state index contributed by atoms with van der Waals surface area (Å²) in [6, 6.07) is 13.2. The predicted molar refractivity (Wildman–Crippen MR) is 76.9 cm³/mol. The van der Waals surface area contributed by atoms with Gasteiger partial charge in [-0.25, -0.2) is 4.39 Å². The zero-order valence-corrected chi connectivity index (χ0v) is 11.8. The molecule has 0 bridgehead atoms. The number of halogens is 2. The lowest BCUT2D eigenvalue weighted by Gasteiger charge is -2.08.